The highest BCUT2D eigenvalue weighted by atomic mass is 19.4. The lowest BCUT2D eigenvalue weighted by Gasteiger charge is -2.16. The Bertz CT molecular complexity index is 912. The average Bonchev–Trinajstić information content (AvgIpc) is 2.67. The molecule has 32 heavy (non-hydrogen) atoms. The number of ether oxygens (including phenoxy) is 2. The standard InChI is InChI=1S/C20H18F6N2O4/c21-19(22,23)9-10-31-14-7-3-13(4-8-14)18(30)28-16(17(27)29)11-12-1-5-15(6-2-12)32-20(24,25)26/h1-8,16H,9-11H2,(H2,27,29)(H,28,30)/t16-/m0/s1. The lowest BCUT2D eigenvalue weighted by Crippen LogP contribution is -2.45. The molecule has 0 bridgehead atoms. The molecule has 2 aromatic rings. The van der Waals surface area contributed by atoms with E-state index in [0.717, 1.165) is 12.1 Å². The predicted molar refractivity (Wildman–Crippen MR) is 99.9 cm³/mol. The van der Waals surface area contributed by atoms with Crippen molar-refractivity contribution in [2.24, 2.45) is 5.73 Å². The minimum atomic E-state index is -4.84. The van der Waals surface area contributed by atoms with E-state index in [0.29, 0.717) is 5.56 Å². The van der Waals surface area contributed by atoms with Crippen LogP contribution in [0.4, 0.5) is 26.3 Å². The van der Waals surface area contributed by atoms with E-state index in [1.165, 1.54) is 36.4 Å². The third-order valence-electron chi connectivity index (χ3n) is 4.02. The summed E-state index contributed by atoms with van der Waals surface area (Å²) in [6, 6.07) is 8.69. The third-order valence-corrected chi connectivity index (χ3v) is 4.02. The van der Waals surface area contributed by atoms with Crippen molar-refractivity contribution in [3.8, 4) is 11.5 Å². The highest BCUT2D eigenvalue weighted by molar-refractivity contribution is 5.97. The second-order valence-electron chi connectivity index (χ2n) is 6.56. The van der Waals surface area contributed by atoms with Crippen LogP contribution in [0.3, 0.4) is 0 Å². The number of nitrogens with two attached hydrogens (primary N) is 1. The Morgan fingerprint density at radius 3 is 1.97 bits per heavy atom. The van der Waals surface area contributed by atoms with Crippen LogP contribution in [0.25, 0.3) is 0 Å². The normalized spacial score (nSPS) is 12.7. The fourth-order valence-electron chi connectivity index (χ4n) is 2.51. The molecule has 2 rings (SSSR count). The van der Waals surface area contributed by atoms with Crippen LogP contribution < -0.4 is 20.5 Å². The molecule has 0 saturated heterocycles. The van der Waals surface area contributed by atoms with E-state index < -0.39 is 49.2 Å². The smallest absolute Gasteiger partial charge is 0.493 e. The minimum absolute atomic E-state index is 0.0911. The Morgan fingerprint density at radius 1 is 0.906 bits per heavy atom. The number of rotatable bonds is 9. The maximum absolute atomic E-state index is 12.4. The molecule has 0 aliphatic heterocycles. The van der Waals surface area contributed by atoms with Crippen LogP contribution >= 0.6 is 0 Å². The Balaban J connectivity index is 1.96. The first-order valence-electron chi connectivity index (χ1n) is 9.07. The Labute approximate surface area is 178 Å². The van der Waals surface area contributed by atoms with Gasteiger partial charge in [-0.1, -0.05) is 12.1 Å². The third kappa shape index (κ3) is 8.74. The number of nitrogens with one attached hydrogen (secondary N) is 1. The van der Waals surface area contributed by atoms with E-state index in [9.17, 15) is 35.9 Å². The molecular weight excluding hydrogens is 446 g/mol. The molecule has 0 aliphatic rings. The number of halogens is 6. The summed E-state index contributed by atoms with van der Waals surface area (Å²) in [6.07, 6.45) is -10.4. The van der Waals surface area contributed by atoms with Crippen molar-refractivity contribution in [1.29, 1.82) is 0 Å². The monoisotopic (exact) mass is 464 g/mol. The van der Waals surface area contributed by atoms with Crippen LogP contribution in [0.15, 0.2) is 48.5 Å². The van der Waals surface area contributed by atoms with E-state index in [4.69, 9.17) is 10.5 Å². The van der Waals surface area contributed by atoms with Crippen LogP contribution in [0.5, 0.6) is 11.5 Å². The molecule has 2 amide bonds. The molecule has 0 unspecified atom stereocenters. The first-order chi connectivity index (χ1) is 14.8. The van der Waals surface area contributed by atoms with E-state index in [1.807, 2.05) is 0 Å². The SMILES string of the molecule is NC(=O)[C@H](Cc1ccc(OC(F)(F)F)cc1)NC(=O)c1ccc(OCCC(F)(F)F)cc1. The molecule has 0 fully saturated rings. The maximum Gasteiger partial charge on any atom is 0.573 e. The molecule has 0 radical (unpaired) electrons. The lowest BCUT2D eigenvalue weighted by atomic mass is 10.0. The van der Waals surface area contributed by atoms with Crippen molar-refractivity contribution in [2.75, 3.05) is 6.61 Å². The molecular formula is C20H18F6N2O4. The minimum Gasteiger partial charge on any atom is -0.493 e. The number of hydrogen-bond acceptors (Lipinski definition) is 4. The van der Waals surface area contributed by atoms with Crippen molar-refractivity contribution < 1.29 is 45.4 Å². The first-order valence-corrected chi connectivity index (χ1v) is 9.07. The highest BCUT2D eigenvalue weighted by Gasteiger charge is 2.31. The summed E-state index contributed by atoms with van der Waals surface area (Å²) < 4.78 is 81.7. The van der Waals surface area contributed by atoms with Crippen LogP contribution in [0.1, 0.15) is 22.3 Å². The number of carbonyl (C=O) groups excluding carboxylic acids is 2. The van der Waals surface area contributed by atoms with Crippen molar-refractivity contribution >= 4 is 11.8 Å². The molecule has 2 aromatic carbocycles. The largest absolute Gasteiger partial charge is 0.573 e. The summed E-state index contributed by atoms with van der Waals surface area (Å²) in [4.78, 5) is 24.1. The second kappa shape index (κ2) is 10.2. The van der Waals surface area contributed by atoms with E-state index in [-0.39, 0.29) is 17.7 Å². The maximum atomic E-state index is 12.4. The summed E-state index contributed by atoms with van der Waals surface area (Å²) in [7, 11) is 0. The zero-order valence-corrected chi connectivity index (χ0v) is 16.3. The number of primary amides is 1. The van der Waals surface area contributed by atoms with Crippen LogP contribution in [-0.4, -0.2) is 37.0 Å². The van der Waals surface area contributed by atoms with Crippen molar-refractivity contribution in [2.45, 2.75) is 31.4 Å². The Hall–Kier alpha value is -3.44. The molecule has 1 atom stereocenters. The van der Waals surface area contributed by atoms with Crippen LogP contribution in [-0.2, 0) is 11.2 Å². The second-order valence-corrected chi connectivity index (χ2v) is 6.56. The molecule has 12 heteroatoms. The molecule has 0 saturated carbocycles. The van der Waals surface area contributed by atoms with Gasteiger partial charge in [0.1, 0.15) is 17.5 Å². The van der Waals surface area contributed by atoms with Gasteiger partial charge in [-0.2, -0.15) is 13.2 Å². The Morgan fingerprint density at radius 2 is 1.47 bits per heavy atom. The molecule has 0 aromatic heterocycles. The van der Waals surface area contributed by atoms with Crippen molar-refractivity contribution in [1.82, 2.24) is 5.32 Å². The predicted octanol–water partition coefficient (Wildman–Crippen LogP) is 3.74. The average molecular weight is 464 g/mol. The summed E-state index contributed by atoms with van der Waals surface area (Å²) in [5, 5.41) is 2.40. The van der Waals surface area contributed by atoms with Gasteiger partial charge in [-0.15, -0.1) is 13.2 Å². The van der Waals surface area contributed by atoms with Gasteiger partial charge in [0.05, 0.1) is 13.0 Å². The molecule has 0 spiro atoms. The molecule has 0 heterocycles. The number of carbonyl (C=O) groups is 2. The molecule has 174 valence electrons. The van der Waals surface area contributed by atoms with Gasteiger partial charge in [-0.25, -0.2) is 0 Å². The van der Waals surface area contributed by atoms with Gasteiger partial charge in [0, 0.05) is 12.0 Å². The topological polar surface area (TPSA) is 90.7 Å². The number of benzene rings is 2. The van der Waals surface area contributed by atoms with E-state index in [1.54, 1.807) is 0 Å². The molecule has 6 nitrogen and oxygen atoms in total. The highest BCUT2D eigenvalue weighted by Crippen LogP contribution is 2.23. The number of amides is 2. The van der Waals surface area contributed by atoms with Crippen LogP contribution in [0, 0.1) is 0 Å². The Kier molecular flexibility index (Phi) is 7.95. The van der Waals surface area contributed by atoms with Crippen LogP contribution in [0.2, 0.25) is 0 Å². The fourth-order valence-corrected chi connectivity index (χ4v) is 2.51. The van der Waals surface area contributed by atoms with Gasteiger partial charge in [0.15, 0.2) is 0 Å². The fraction of sp³-hybridized carbons (Fsp3) is 0.300. The number of hydrogen-bond donors (Lipinski definition) is 2. The van der Waals surface area contributed by atoms with Crippen molar-refractivity contribution in [3.05, 3.63) is 59.7 Å². The van der Waals surface area contributed by atoms with Gasteiger partial charge < -0.3 is 20.5 Å². The van der Waals surface area contributed by atoms with Gasteiger partial charge in [0.25, 0.3) is 5.91 Å². The van der Waals surface area contributed by atoms with Gasteiger partial charge in [0.2, 0.25) is 5.91 Å². The van der Waals surface area contributed by atoms with Gasteiger partial charge in [-0.05, 0) is 42.0 Å². The summed E-state index contributed by atoms with van der Waals surface area (Å²) in [5.74, 6) is -1.88. The van der Waals surface area contributed by atoms with E-state index in [2.05, 4.69) is 10.1 Å². The zero-order valence-electron chi connectivity index (χ0n) is 16.3. The molecule has 0 aliphatic carbocycles. The number of alkyl halides is 6. The summed E-state index contributed by atoms with van der Waals surface area (Å²) in [6.45, 7) is -0.578. The first kappa shape index (κ1) is 24.8. The van der Waals surface area contributed by atoms with Gasteiger partial charge in [-0.3, -0.25) is 9.59 Å². The van der Waals surface area contributed by atoms with Crippen molar-refractivity contribution in [3.63, 3.8) is 0 Å². The zero-order chi connectivity index (χ0) is 23.9. The molecule has 3 N–H and O–H groups in total. The van der Waals surface area contributed by atoms with Gasteiger partial charge >= 0.3 is 12.5 Å². The quantitative estimate of drug-likeness (QED) is 0.554. The lowest BCUT2D eigenvalue weighted by molar-refractivity contribution is -0.274. The summed E-state index contributed by atoms with van der Waals surface area (Å²) in [5.41, 5.74) is 5.80. The summed E-state index contributed by atoms with van der Waals surface area (Å²) >= 11 is 0. The van der Waals surface area contributed by atoms with E-state index >= 15 is 0 Å².